The molecule has 0 radical (unpaired) electrons. The predicted molar refractivity (Wildman–Crippen MR) is 134 cm³/mol. The highest BCUT2D eigenvalue weighted by Gasteiger charge is 2.17. The van der Waals surface area contributed by atoms with Gasteiger partial charge in [0, 0.05) is 35.2 Å². The Bertz CT molecular complexity index is 1060. The van der Waals surface area contributed by atoms with Crippen LogP contribution in [-0.4, -0.2) is 10.9 Å². The maximum absolute atomic E-state index is 12.7. The van der Waals surface area contributed by atoms with Crippen LogP contribution in [0.3, 0.4) is 0 Å². The van der Waals surface area contributed by atoms with Crippen LogP contribution in [0.1, 0.15) is 34.5 Å². The Hall–Kier alpha value is -1.33. The summed E-state index contributed by atoms with van der Waals surface area (Å²) in [5.41, 5.74) is 18.3. The number of halogens is 3. The van der Waals surface area contributed by atoms with Crippen LogP contribution in [0.5, 0.6) is 0 Å². The van der Waals surface area contributed by atoms with Crippen LogP contribution < -0.4 is 16.8 Å². The smallest absolute Gasteiger partial charge is 0.255 e. The van der Waals surface area contributed by atoms with Gasteiger partial charge in [-0.1, -0.05) is 0 Å². The normalized spacial score (nSPS) is 12.9. The summed E-state index contributed by atoms with van der Waals surface area (Å²) in [5.74, 6) is -0.172. The molecule has 0 atom stereocenters. The molecule has 5 nitrogen and oxygen atoms in total. The van der Waals surface area contributed by atoms with Gasteiger partial charge in [-0.25, -0.2) is 0 Å². The van der Waals surface area contributed by atoms with E-state index in [4.69, 9.17) is 16.5 Å². The molecule has 0 unspecified atom stereocenters. The molecule has 0 fully saturated rings. The quantitative estimate of drug-likeness (QED) is 0.273. The van der Waals surface area contributed by atoms with E-state index >= 15 is 0 Å². The number of hydrogen-bond acceptors (Lipinski definition) is 4. The lowest BCUT2D eigenvalue weighted by Crippen LogP contribution is -2.13. The van der Waals surface area contributed by atoms with E-state index < -0.39 is 0 Å². The third-order valence-electron chi connectivity index (χ3n) is 4.91. The lowest BCUT2D eigenvalue weighted by Gasteiger charge is -2.19. The summed E-state index contributed by atoms with van der Waals surface area (Å²) < 4.78 is 1.73. The minimum atomic E-state index is -0.172. The fourth-order valence-electron chi connectivity index (χ4n) is 3.46. The minimum Gasteiger partial charge on any atom is -0.398 e. The van der Waals surface area contributed by atoms with E-state index in [1.54, 1.807) is 12.1 Å². The Morgan fingerprint density at radius 3 is 2.39 bits per heavy atom. The first-order chi connectivity index (χ1) is 12.9. The second-order valence-corrected chi connectivity index (χ2v) is 9.02. The number of hydrogen-bond donors (Lipinski definition) is 3. The van der Waals surface area contributed by atoms with Crippen LogP contribution in [0.15, 0.2) is 30.3 Å². The van der Waals surface area contributed by atoms with Gasteiger partial charge in [-0.15, -0.1) is 12.4 Å². The van der Waals surface area contributed by atoms with Gasteiger partial charge in [0.2, 0.25) is 0 Å². The van der Waals surface area contributed by atoms with E-state index in [2.05, 4.69) is 50.5 Å². The number of benzene rings is 2. The largest absolute Gasteiger partial charge is 0.398 e. The molecule has 28 heavy (non-hydrogen) atoms. The van der Waals surface area contributed by atoms with Crippen LogP contribution in [-0.2, 0) is 12.8 Å². The van der Waals surface area contributed by atoms with Crippen molar-refractivity contribution in [1.82, 2.24) is 4.98 Å². The summed E-state index contributed by atoms with van der Waals surface area (Å²) in [6.45, 7) is 0. The molecule has 0 spiro atoms. The number of carbonyl (C=O) groups excluding carboxylic acids is 1. The van der Waals surface area contributed by atoms with Crippen LogP contribution in [0, 0.1) is 7.14 Å². The Morgan fingerprint density at radius 2 is 1.68 bits per heavy atom. The zero-order valence-corrected chi connectivity index (χ0v) is 20.0. The highest BCUT2D eigenvalue weighted by molar-refractivity contribution is 14.1. The number of carbonyl (C=O) groups is 1. The average Bonchev–Trinajstić information content (AvgIpc) is 2.66. The highest BCUT2D eigenvalue weighted by Crippen LogP contribution is 2.32. The summed E-state index contributed by atoms with van der Waals surface area (Å²) >= 11 is 4.28. The molecule has 4 rings (SSSR count). The topological polar surface area (TPSA) is 94.0 Å². The molecule has 2 aromatic carbocycles. The van der Waals surface area contributed by atoms with E-state index in [0.717, 1.165) is 55.1 Å². The SMILES string of the molecule is Cl.Nc1c(I)cc(C(=O)Nc2ccc3nc4c(c(N)c3c2)CCCC4)cc1I. The van der Waals surface area contributed by atoms with E-state index in [-0.39, 0.29) is 18.3 Å². The molecule has 1 heterocycles. The van der Waals surface area contributed by atoms with Gasteiger partial charge in [0.15, 0.2) is 0 Å². The number of nitrogen functional groups attached to an aromatic ring is 2. The van der Waals surface area contributed by atoms with Crippen molar-refractivity contribution in [3.63, 3.8) is 0 Å². The van der Waals surface area contributed by atoms with Gasteiger partial charge < -0.3 is 16.8 Å². The van der Waals surface area contributed by atoms with Gasteiger partial charge in [-0.2, -0.15) is 0 Å². The van der Waals surface area contributed by atoms with Gasteiger partial charge in [-0.05, 0) is 107 Å². The van der Waals surface area contributed by atoms with Gasteiger partial charge in [0.25, 0.3) is 5.91 Å². The fourth-order valence-corrected chi connectivity index (χ4v) is 5.22. The van der Waals surface area contributed by atoms with Crippen LogP contribution in [0.4, 0.5) is 17.1 Å². The van der Waals surface area contributed by atoms with Crippen molar-refractivity contribution in [2.45, 2.75) is 25.7 Å². The maximum atomic E-state index is 12.7. The minimum absolute atomic E-state index is 0. The molecule has 1 aromatic heterocycles. The number of nitrogens with one attached hydrogen (secondary N) is 1. The van der Waals surface area contributed by atoms with Gasteiger partial charge in [0.05, 0.1) is 11.2 Å². The highest BCUT2D eigenvalue weighted by atomic mass is 127. The Balaban J connectivity index is 0.00000225. The van der Waals surface area contributed by atoms with Gasteiger partial charge >= 0.3 is 0 Å². The van der Waals surface area contributed by atoms with E-state index in [9.17, 15) is 4.79 Å². The molecule has 146 valence electrons. The third kappa shape index (κ3) is 4.02. The number of amides is 1. The Kier molecular flexibility index (Phi) is 6.55. The number of aromatic nitrogens is 1. The molecule has 0 aliphatic heterocycles. The van der Waals surface area contributed by atoms with Crippen LogP contribution >= 0.6 is 57.6 Å². The first-order valence-corrected chi connectivity index (χ1v) is 10.9. The first kappa shape index (κ1) is 21.4. The van der Waals surface area contributed by atoms with Gasteiger partial charge in [-0.3, -0.25) is 9.78 Å². The molecule has 1 aliphatic carbocycles. The van der Waals surface area contributed by atoms with E-state index in [1.807, 2.05) is 18.2 Å². The molecular formula is C20H19ClI2N4O. The molecule has 0 saturated heterocycles. The zero-order chi connectivity index (χ0) is 19.1. The van der Waals surface area contributed by atoms with E-state index in [1.165, 1.54) is 5.56 Å². The number of nitrogens with two attached hydrogens (primary N) is 2. The van der Waals surface area contributed by atoms with Crippen LogP contribution in [0.2, 0.25) is 0 Å². The second kappa shape index (κ2) is 8.58. The standard InChI is InChI=1S/C20H18I2N4O.ClH/c21-14-7-10(8-15(22)19(14)24)20(27)25-11-5-6-17-13(9-11)18(23)12-3-1-2-4-16(12)26-17;/h5-9H,1-4,24H2,(H2,23,26)(H,25,27);1H. The van der Waals surface area contributed by atoms with Crippen molar-refractivity contribution in [3.05, 3.63) is 54.3 Å². The van der Waals surface area contributed by atoms with Crippen molar-refractivity contribution in [1.29, 1.82) is 0 Å². The van der Waals surface area contributed by atoms with Crippen molar-refractivity contribution >= 4 is 91.5 Å². The lowest BCUT2D eigenvalue weighted by atomic mass is 9.93. The number of aryl methyl sites for hydroxylation is 1. The first-order valence-electron chi connectivity index (χ1n) is 8.71. The molecule has 8 heteroatoms. The van der Waals surface area contributed by atoms with Crippen molar-refractivity contribution in [3.8, 4) is 0 Å². The molecule has 0 bridgehead atoms. The number of anilines is 3. The van der Waals surface area contributed by atoms with Gasteiger partial charge in [0.1, 0.15) is 0 Å². The number of fused-ring (bicyclic) bond motifs is 2. The lowest BCUT2D eigenvalue weighted by molar-refractivity contribution is 0.102. The second-order valence-electron chi connectivity index (χ2n) is 6.70. The number of rotatable bonds is 2. The number of nitrogens with zero attached hydrogens (tertiary/aromatic N) is 1. The fraction of sp³-hybridized carbons (Fsp3) is 0.200. The summed E-state index contributed by atoms with van der Waals surface area (Å²) in [6.07, 6.45) is 4.28. The van der Waals surface area contributed by atoms with Crippen molar-refractivity contribution in [2.75, 3.05) is 16.8 Å². The zero-order valence-electron chi connectivity index (χ0n) is 14.9. The molecule has 1 amide bonds. The summed E-state index contributed by atoms with van der Waals surface area (Å²) in [5, 5.41) is 3.86. The molecule has 0 saturated carbocycles. The van der Waals surface area contributed by atoms with Crippen molar-refractivity contribution in [2.24, 2.45) is 0 Å². The summed E-state index contributed by atoms with van der Waals surface area (Å²) in [4.78, 5) is 17.5. The van der Waals surface area contributed by atoms with E-state index in [0.29, 0.717) is 16.9 Å². The molecule has 1 aliphatic rings. The average molecular weight is 621 g/mol. The summed E-state index contributed by atoms with van der Waals surface area (Å²) in [6, 6.07) is 9.29. The molecule has 5 N–H and O–H groups in total. The molecular weight excluding hydrogens is 602 g/mol. The number of pyridine rings is 1. The predicted octanol–water partition coefficient (Wildman–Crippen LogP) is 5.16. The van der Waals surface area contributed by atoms with Crippen molar-refractivity contribution < 1.29 is 4.79 Å². The monoisotopic (exact) mass is 620 g/mol. The summed E-state index contributed by atoms with van der Waals surface area (Å²) in [7, 11) is 0. The molecule has 3 aromatic rings. The Labute approximate surface area is 196 Å². The maximum Gasteiger partial charge on any atom is 0.255 e. The Morgan fingerprint density at radius 1 is 1.00 bits per heavy atom. The van der Waals surface area contributed by atoms with Crippen LogP contribution in [0.25, 0.3) is 10.9 Å². The third-order valence-corrected chi connectivity index (χ3v) is 6.69.